The highest BCUT2D eigenvalue weighted by atomic mass is 16.5. The Morgan fingerprint density at radius 1 is 1.24 bits per heavy atom. The number of benzene rings is 1. The number of nitrogens with zero attached hydrogens (tertiary/aromatic N) is 1. The van der Waals surface area contributed by atoms with Crippen LogP contribution in [-0.2, 0) is 4.74 Å². The minimum atomic E-state index is -0.382. The molecule has 2 aliphatic heterocycles. The number of carbonyl (C=O) groups excluding carboxylic acids is 2. The molecule has 25 heavy (non-hydrogen) atoms. The second-order valence-corrected chi connectivity index (χ2v) is 6.74. The number of Topliss-reactive ketones (excluding diaryl/α,β-unsaturated/α-hetero) is 1. The molecule has 136 valence electrons. The molecule has 0 saturated carbocycles. The first-order chi connectivity index (χ1) is 12.1. The van der Waals surface area contributed by atoms with Crippen molar-refractivity contribution in [2.75, 3.05) is 26.9 Å². The number of carbonyl (C=O) groups is 2. The predicted molar refractivity (Wildman–Crippen MR) is 94.2 cm³/mol. The van der Waals surface area contributed by atoms with Gasteiger partial charge in [0, 0.05) is 31.4 Å². The van der Waals surface area contributed by atoms with Crippen LogP contribution in [0, 0.1) is 6.92 Å². The summed E-state index contributed by atoms with van der Waals surface area (Å²) in [7, 11) is 1.61. The van der Waals surface area contributed by atoms with Crippen molar-refractivity contribution in [3.8, 4) is 5.75 Å². The van der Waals surface area contributed by atoms with Crippen LogP contribution in [0.15, 0.2) is 18.2 Å². The molecule has 0 aliphatic carbocycles. The first-order valence-electron chi connectivity index (χ1n) is 8.94. The van der Waals surface area contributed by atoms with E-state index in [4.69, 9.17) is 9.47 Å². The third-order valence-corrected chi connectivity index (χ3v) is 5.04. The van der Waals surface area contributed by atoms with E-state index in [0.717, 1.165) is 30.6 Å². The van der Waals surface area contributed by atoms with Crippen molar-refractivity contribution in [3.05, 3.63) is 29.3 Å². The predicted octanol–water partition coefficient (Wildman–Crippen LogP) is 2.54. The fourth-order valence-electron chi connectivity index (χ4n) is 3.61. The number of nitrogens with one attached hydrogen (secondary N) is 1. The monoisotopic (exact) mass is 346 g/mol. The van der Waals surface area contributed by atoms with Crippen LogP contribution in [0.25, 0.3) is 0 Å². The summed E-state index contributed by atoms with van der Waals surface area (Å²) in [6.07, 6.45) is 3.23. The molecular weight excluding hydrogens is 320 g/mol. The van der Waals surface area contributed by atoms with Crippen molar-refractivity contribution in [1.29, 1.82) is 0 Å². The number of ketones is 1. The van der Waals surface area contributed by atoms with Crippen molar-refractivity contribution >= 4 is 11.8 Å². The molecule has 1 aromatic rings. The van der Waals surface area contributed by atoms with Gasteiger partial charge >= 0.3 is 6.03 Å². The van der Waals surface area contributed by atoms with E-state index in [0.29, 0.717) is 31.7 Å². The van der Waals surface area contributed by atoms with E-state index in [-0.39, 0.29) is 23.9 Å². The molecule has 3 rings (SSSR count). The van der Waals surface area contributed by atoms with Gasteiger partial charge in [-0.25, -0.2) is 4.79 Å². The number of amides is 2. The number of methoxy groups -OCH3 is 1. The third-order valence-electron chi connectivity index (χ3n) is 5.04. The summed E-state index contributed by atoms with van der Waals surface area (Å²) in [5.41, 5.74) is 1.55. The molecule has 6 nitrogen and oxygen atoms in total. The minimum absolute atomic E-state index is 0.00498. The molecular formula is C19H26N2O4. The Bertz CT molecular complexity index is 640. The van der Waals surface area contributed by atoms with Crippen LogP contribution in [-0.4, -0.2) is 55.7 Å². The average molecular weight is 346 g/mol. The van der Waals surface area contributed by atoms with Crippen LogP contribution in [0.5, 0.6) is 5.75 Å². The van der Waals surface area contributed by atoms with Gasteiger partial charge in [0.25, 0.3) is 0 Å². The molecule has 1 unspecified atom stereocenters. The van der Waals surface area contributed by atoms with E-state index < -0.39 is 0 Å². The molecule has 0 spiro atoms. The number of likely N-dealkylation sites (tertiary alicyclic amines) is 1. The van der Waals surface area contributed by atoms with Gasteiger partial charge < -0.3 is 19.7 Å². The molecule has 2 heterocycles. The van der Waals surface area contributed by atoms with Crippen molar-refractivity contribution in [3.63, 3.8) is 0 Å². The highest BCUT2D eigenvalue weighted by Gasteiger charge is 2.35. The van der Waals surface area contributed by atoms with Crippen LogP contribution in [0.3, 0.4) is 0 Å². The Balaban J connectivity index is 1.68. The fraction of sp³-hybridized carbons (Fsp3) is 0.579. The highest BCUT2D eigenvalue weighted by molar-refractivity contribution is 6.02. The summed E-state index contributed by atoms with van der Waals surface area (Å²) in [6, 6.07) is 5.06. The number of hydrogen-bond donors (Lipinski definition) is 1. The lowest BCUT2D eigenvalue weighted by atomic mass is 10.00. The Kier molecular flexibility index (Phi) is 5.58. The minimum Gasteiger partial charge on any atom is -0.496 e. The Morgan fingerprint density at radius 2 is 2.00 bits per heavy atom. The summed E-state index contributed by atoms with van der Waals surface area (Å²) in [5, 5.41) is 3.06. The van der Waals surface area contributed by atoms with Crippen molar-refractivity contribution < 1.29 is 19.1 Å². The maximum absolute atomic E-state index is 12.9. The van der Waals surface area contributed by atoms with Gasteiger partial charge in [0.2, 0.25) is 0 Å². The molecule has 2 aliphatic rings. The van der Waals surface area contributed by atoms with Crippen LogP contribution in [0.1, 0.15) is 41.6 Å². The van der Waals surface area contributed by atoms with Gasteiger partial charge in [-0.3, -0.25) is 4.79 Å². The summed E-state index contributed by atoms with van der Waals surface area (Å²) in [5.74, 6) is 0.766. The second kappa shape index (κ2) is 7.87. The normalized spacial score (nSPS) is 21.2. The molecule has 2 amide bonds. The Hall–Kier alpha value is -2.08. The van der Waals surface area contributed by atoms with Gasteiger partial charge in [-0.15, -0.1) is 0 Å². The topological polar surface area (TPSA) is 67.9 Å². The van der Waals surface area contributed by atoms with Crippen LogP contribution in [0.2, 0.25) is 0 Å². The third kappa shape index (κ3) is 3.95. The largest absolute Gasteiger partial charge is 0.496 e. The van der Waals surface area contributed by atoms with Crippen LogP contribution < -0.4 is 10.1 Å². The maximum Gasteiger partial charge on any atom is 0.318 e. The van der Waals surface area contributed by atoms with Gasteiger partial charge in [-0.2, -0.15) is 0 Å². The van der Waals surface area contributed by atoms with Crippen molar-refractivity contribution in [2.24, 2.45) is 0 Å². The first-order valence-corrected chi connectivity index (χ1v) is 8.94. The first kappa shape index (κ1) is 17.7. The summed E-state index contributed by atoms with van der Waals surface area (Å²) < 4.78 is 10.6. The van der Waals surface area contributed by atoms with Crippen LogP contribution >= 0.6 is 0 Å². The van der Waals surface area contributed by atoms with Crippen molar-refractivity contribution in [1.82, 2.24) is 10.2 Å². The highest BCUT2D eigenvalue weighted by Crippen LogP contribution is 2.25. The number of aryl methyl sites for hydroxylation is 1. The number of rotatable bonds is 4. The van der Waals surface area contributed by atoms with Crippen molar-refractivity contribution in [2.45, 2.75) is 44.7 Å². The van der Waals surface area contributed by atoms with Crippen LogP contribution in [0.4, 0.5) is 4.79 Å². The van der Waals surface area contributed by atoms with E-state index in [1.165, 1.54) is 0 Å². The molecule has 1 N–H and O–H groups in total. The molecule has 2 saturated heterocycles. The number of hydrogen-bond acceptors (Lipinski definition) is 4. The van der Waals surface area contributed by atoms with Gasteiger partial charge in [0.15, 0.2) is 5.78 Å². The number of urea groups is 1. The molecule has 0 bridgehead atoms. The van der Waals surface area contributed by atoms with Gasteiger partial charge in [0.05, 0.1) is 13.2 Å². The second-order valence-electron chi connectivity index (χ2n) is 6.74. The quantitative estimate of drug-likeness (QED) is 0.851. The zero-order valence-electron chi connectivity index (χ0n) is 14.9. The van der Waals surface area contributed by atoms with Gasteiger partial charge in [0.1, 0.15) is 5.75 Å². The molecule has 1 atom stereocenters. The van der Waals surface area contributed by atoms with E-state index in [9.17, 15) is 9.59 Å². The Morgan fingerprint density at radius 3 is 2.68 bits per heavy atom. The fourth-order valence-corrected chi connectivity index (χ4v) is 3.61. The smallest absolute Gasteiger partial charge is 0.318 e. The van der Waals surface area contributed by atoms with E-state index in [1.807, 2.05) is 19.1 Å². The molecule has 6 heteroatoms. The van der Waals surface area contributed by atoms with Gasteiger partial charge in [-0.05, 0) is 56.4 Å². The molecule has 0 radical (unpaired) electrons. The molecule has 1 aromatic carbocycles. The lowest BCUT2D eigenvalue weighted by Gasteiger charge is -2.29. The lowest BCUT2D eigenvalue weighted by molar-refractivity contribution is 0.0758. The Labute approximate surface area is 148 Å². The van der Waals surface area contributed by atoms with Gasteiger partial charge in [-0.1, -0.05) is 0 Å². The summed E-state index contributed by atoms with van der Waals surface area (Å²) in [6.45, 7) is 3.90. The van der Waals surface area contributed by atoms with E-state index in [2.05, 4.69) is 5.32 Å². The summed E-state index contributed by atoms with van der Waals surface area (Å²) in [4.78, 5) is 27.2. The zero-order chi connectivity index (χ0) is 17.8. The number of ether oxygens (including phenoxy) is 2. The summed E-state index contributed by atoms with van der Waals surface area (Å²) >= 11 is 0. The van der Waals surface area contributed by atoms with E-state index in [1.54, 1.807) is 18.1 Å². The average Bonchev–Trinajstić information content (AvgIpc) is 3.11. The zero-order valence-corrected chi connectivity index (χ0v) is 14.9. The maximum atomic E-state index is 12.9. The standard InChI is InChI=1S/C19H26N2O4/c1-13-12-14(5-6-17(13)24-2)18(22)16-4-3-9-21(16)19(23)20-15-7-10-25-11-8-15/h5-6,12,15-16H,3-4,7-11H2,1-2H3,(H,20,23). The van der Waals surface area contributed by atoms with E-state index >= 15 is 0 Å². The molecule has 2 fully saturated rings. The SMILES string of the molecule is COc1ccc(C(=O)C2CCCN2C(=O)NC2CCOCC2)cc1C. The molecule has 0 aromatic heterocycles. The lowest BCUT2D eigenvalue weighted by Crippen LogP contribution is -2.50.